The molecule has 0 amide bonds. The number of hydrogen-bond donors (Lipinski definition) is 0. The molecule has 0 saturated heterocycles. The van der Waals surface area contributed by atoms with Crippen LogP contribution in [0, 0.1) is 6.07 Å². The van der Waals surface area contributed by atoms with Crippen LogP contribution in [0.1, 0.15) is 36.8 Å². The van der Waals surface area contributed by atoms with Gasteiger partial charge in [-0.3, -0.25) is 0 Å². The molecule has 0 fully saturated rings. The van der Waals surface area contributed by atoms with E-state index in [0.29, 0.717) is 0 Å². The van der Waals surface area contributed by atoms with Gasteiger partial charge >= 0.3 is 0 Å². The first kappa shape index (κ1) is 6.90. The Balaban J connectivity index is 2.44. The summed E-state index contributed by atoms with van der Waals surface area (Å²) >= 11 is 0. The van der Waals surface area contributed by atoms with Crippen molar-refractivity contribution in [3.05, 3.63) is 35.4 Å². The van der Waals surface area contributed by atoms with Crippen LogP contribution in [0.3, 0.4) is 0 Å². The summed E-state index contributed by atoms with van der Waals surface area (Å²) in [6.07, 6.45) is 3.93. The second-order valence-electron chi connectivity index (χ2n) is 3.40. The van der Waals surface area contributed by atoms with Crippen molar-refractivity contribution in [1.82, 2.24) is 0 Å². The summed E-state index contributed by atoms with van der Waals surface area (Å²) in [4.78, 5) is 0. The minimum atomic E-state index is 0.760. The molecule has 1 aromatic rings. The van der Waals surface area contributed by atoms with Crippen LogP contribution in [0.4, 0.5) is 0 Å². The molecule has 0 bridgehead atoms. The highest BCUT2D eigenvalue weighted by atomic mass is 14.2. The molecule has 1 aliphatic rings. The molecule has 0 heterocycles. The average Bonchev–Trinajstić information content (AvgIpc) is 2.06. The number of benzene rings is 1. The van der Waals surface area contributed by atoms with Crippen molar-refractivity contribution in [1.29, 1.82) is 0 Å². The highest BCUT2D eigenvalue weighted by Gasteiger charge is 2.14. The third-order valence-corrected chi connectivity index (χ3v) is 2.57. The molecule has 57 valence electrons. The van der Waals surface area contributed by atoms with Gasteiger partial charge in [0, 0.05) is 0 Å². The fraction of sp³-hybridized carbons (Fsp3) is 0.455. The lowest BCUT2D eigenvalue weighted by Gasteiger charge is -2.21. The molecule has 1 unspecified atom stereocenters. The summed E-state index contributed by atoms with van der Waals surface area (Å²) in [5.41, 5.74) is 2.98. The van der Waals surface area contributed by atoms with Crippen molar-refractivity contribution < 1.29 is 0 Å². The topological polar surface area (TPSA) is 0 Å². The molecular formula is C11H13. The molecule has 0 spiro atoms. The number of fused-ring (bicyclic) bond motifs is 1. The molecule has 0 heteroatoms. The smallest absolute Gasteiger partial charge is 0.0146 e. The van der Waals surface area contributed by atoms with Crippen molar-refractivity contribution in [3.8, 4) is 0 Å². The Hall–Kier alpha value is -0.780. The first-order valence-electron chi connectivity index (χ1n) is 4.37. The standard InChI is InChI=1S/C11H13/c1-9-5-4-7-10-6-2-3-8-11(9)10/h2-3,8-9H,4-5,7H2,1H3. The van der Waals surface area contributed by atoms with Crippen LogP contribution in [0.25, 0.3) is 0 Å². The second kappa shape index (κ2) is 2.69. The summed E-state index contributed by atoms with van der Waals surface area (Å²) in [6.45, 7) is 2.31. The van der Waals surface area contributed by atoms with E-state index in [1.165, 1.54) is 30.4 Å². The maximum atomic E-state index is 3.32. The third kappa shape index (κ3) is 1.18. The van der Waals surface area contributed by atoms with Gasteiger partial charge in [-0.2, -0.15) is 0 Å². The first-order chi connectivity index (χ1) is 5.38. The van der Waals surface area contributed by atoms with Crippen LogP contribution < -0.4 is 0 Å². The van der Waals surface area contributed by atoms with Gasteiger partial charge < -0.3 is 0 Å². The Morgan fingerprint density at radius 2 is 2.45 bits per heavy atom. The van der Waals surface area contributed by atoms with Gasteiger partial charge in [-0.1, -0.05) is 25.1 Å². The van der Waals surface area contributed by atoms with E-state index < -0.39 is 0 Å². The van der Waals surface area contributed by atoms with E-state index in [2.05, 4.69) is 25.1 Å². The normalized spacial score (nSPS) is 22.8. The van der Waals surface area contributed by atoms with Crippen LogP contribution in [0.2, 0.25) is 0 Å². The van der Waals surface area contributed by atoms with Crippen LogP contribution in [0.15, 0.2) is 18.2 Å². The van der Waals surface area contributed by atoms with Gasteiger partial charge in [0.05, 0.1) is 0 Å². The fourth-order valence-electron chi connectivity index (χ4n) is 1.90. The van der Waals surface area contributed by atoms with Gasteiger partial charge in [0.25, 0.3) is 0 Å². The fourth-order valence-corrected chi connectivity index (χ4v) is 1.90. The molecule has 1 atom stereocenters. The van der Waals surface area contributed by atoms with E-state index in [-0.39, 0.29) is 0 Å². The first-order valence-corrected chi connectivity index (χ1v) is 4.37. The van der Waals surface area contributed by atoms with Crippen molar-refractivity contribution in [3.63, 3.8) is 0 Å². The molecule has 1 radical (unpaired) electrons. The van der Waals surface area contributed by atoms with Crippen LogP contribution in [-0.4, -0.2) is 0 Å². The lowest BCUT2D eigenvalue weighted by Crippen LogP contribution is -2.06. The van der Waals surface area contributed by atoms with E-state index in [1.807, 2.05) is 6.07 Å². The minimum absolute atomic E-state index is 0.760. The van der Waals surface area contributed by atoms with E-state index in [9.17, 15) is 0 Å². The monoisotopic (exact) mass is 145 g/mol. The Kier molecular flexibility index (Phi) is 1.69. The molecule has 0 aliphatic heterocycles. The Morgan fingerprint density at radius 3 is 3.27 bits per heavy atom. The lowest BCUT2D eigenvalue weighted by molar-refractivity contribution is 0.590. The van der Waals surface area contributed by atoms with Crippen LogP contribution >= 0.6 is 0 Å². The van der Waals surface area contributed by atoms with Gasteiger partial charge in [0.15, 0.2) is 0 Å². The molecule has 1 aliphatic carbocycles. The SMILES string of the molecule is CC1CCCc2[c]cccc21. The van der Waals surface area contributed by atoms with Crippen molar-refractivity contribution in [2.24, 2.45) is 0 Å². The molecule has 0 nitrogen and oxygen atoms in total. The van der Waals surface area contributed by atoms with E-state index in [4.69, 9.17) is 0 Å². The quantitative estimate of drug-likeness (QED) is 0.526. The number of rotatable bonds is 0. The van der Waals surface area contributed by atoms with Crippen molar-refractivity contribution in [2.75, 3.05) is 0 Å². The summed E-state index contributed by atoms with van der Waals surface area (Å²) in [6, 6.07) is 9.69. The van der Waals surface area contributed by atoms with Gasteiger partial charge in [-0.25, -0.2) is 0 Å². The highest BCUT2D eigenvalue weighted by Crippen LogP contribution is 2.29. The van der Waals surface area contributed by atoms with Crippen molar-refractivity contribution >= 4 is 0 Å². The zero-order valence-corrected chi connectivity index (χ0v) is 6.93. The summed E-state index contributed by atoms with van der Waals surface area (Å²) in [5.74, 6) is 0.760. The molecular weight excluding hydrogens is 132 g/mol. The third-order valence-electron chi connectivity index (χ3n) is 2.57. The molecule has 11 heavy (non-hydrogen) atoms. The maximum Gasteiger partial charge on any atom is -0.0146 e. The summed E-state index contributed by atoms with van der Waals surface area (Å²) in [7, 11) is 0. The van der Waals surface area contributed by atoms with Gasteiger partial charge in [0.1, 0.15) is 0 Å². The largest absolute Gasteiger partial charge is 0.0613 e. The van der Waals surface area contributed by atoms with Gasteiger partial charge in [-0.15, -0.1) is 0 Å². The van der Waals surface area contributed by atoms with E-state index in [1.54, 1.807) is 0 Å². The predicted octanol–water partition coefficient (Wildman–Crippen LogP) is 2.93. The Labute approximate surface area is 68.3 Å². The Bertz CT molecular complexity index is 250. The van der Waals surface area contributed by atoms with Crippen LogP contribution in [0.5, 0.6) is 0 Å². The summed E-state index contributed by atoms with van der Waals surface area (Å²) in [5, 5.41) is 0. The highest BCUT2D eigenvalue weighted by molar-refractivity contribution is 5.30. The molecule has 0 aromatic heterocycles. The number of aryl methyl sites for hydroxylation is 1. The minimum Gasteiger partial charge on any atom is -0.0613 e. The molecule has 0 N–H and O–H groups in total. The van der Waals surface area contributed by atoms with E-state index >= 15 is 0 Å². The molecule has 1 aromatic carbocycles. The molecule has 2 rings (SSSR count). The van der Waals surface area contributed by atoms with Gasteiger partial charge in [0.2, 0.25) is 0 Å². The maximum absolute atomic E-state index is 3.32. The van der Waals surface area contributed by atoms with Gasteiger partial charge in [-0.05, 0) is 42.4 Å². The zero-order chi connectivity index (χ0) is 7.68. The van der Waals surface area contributed by atoms with Crippen molar-refractivity contribution in [2.45, 2.75) is 32.1 Å². The zero-order valence-electron chi connectivity index (χ0n) is 6.93. The molecule has 0 saturated carbocycles. The number of hydrogen-bond acceptors (Lipinski definition) is 0. The summed E-state index contributed by atoms with van der Waals surface area (Å²) < 4.78 is 0. The lowest BCUT2D eigenvalue weighted by atomic mass is 9.84. The predicted molar refractivity (Wildman–Crippen MR) is 46.6 cm³/mol. The Morgan fingerprint density at radius 1 is 1.55 bits per heavy atom. The average molecular weight is 145 g/mol. The van der Waals surface area contributed by atoms with Crippen LogP contribution in [-0.2, 0) is 6.42 Å². The second-order valence-corrected chi connectivity index (χ2v) is 3.40. The van der Waals surface area contributed by atoms with E-state index in [0.717, 1.165) is 5.92 Å².